The molecule has 0 aromatic rings. The van der Waals surface area contributed by atoms with Crippen molar-refractivity contribution in [3.05, 3.63) is 0 Å². The molecule has 0 aromatic heterocycles. The van der Waals surface area contributed by atoms with Crippen LogP contribution in [0.4, 0.5) is 0 Å². The number of hydrogen-bond donors (Lipinski definition) is 0. The van der Waals surface area contributed by atoms with Crippen molar-refractivity contribution in [2.24, 2.45) is 0 Å². The molecule has 0 amide bonds. The maximum absolute atomic E-state index is 10.1. The minimum absolute atomic E-state index is 1.25. The van der Waals surface area contributed by atoms with E-state index in [1.807, 2.05) is 0 Å². The van der Waals surface area contributed by atoms with Crippen molar-refractivity contribution in [1.29, 1.82) is 0 Å². The molecule has 0 radical (unpaired) electrons. The molecular weight excluding hydrogens is 119 g/mol. The first-order chi connectivity index (χ1) is 2.81. The third kappa shape index (κ3) is 2.76. The first-order valence-corrected chi connectivity index (χ1v) is 4.69. The standard InChI is InChI=1S/C2H7O2PS/c1-4-5(3)6-2/h5H,1-2H3. The highest BCUT2D eigenvalue weighted by molar-refractivity contribution is 8.49. The highest BCUT2D eigenvalue weighted by Crippen LogP contribution is 2.34. The third-order valence-corrected chi connectivity index (χ3v) is 2.50. The summed E-state index contributed by atoms with van der Waals surface area (Å²) >= 11 is 1.25. The van der Waals surface area contributed by atoms with E-state index in [1.54, 1.807) is 6.26 Å². The van der Waals surface area contributed by atoms with E-state index < -0.39 is 7.23 Å². The molecule has 0 rings (SSSR count). The largest absolute Gasteiger partial charge is 0.326 e. The van der Waals surface area contributed by atoms with Gasteiger partial charge in [0.25, 0.3) is 0 Å². The summed E-state index contributed by atoms with van der Waals surface area (Å²) < 4.78 is 14.5. The highest BCUT2D eigenvalue weighted by atomic mass is 32.7. The van der Waals surface area contributed by atoms with Crippen molar-refractivity contribution >= 4 is 18.6 Å². The Kier molecular flexibility index (Phi) is 4.06. The molecule has 38 valence electrons. The van der Waals surface area contributed by atoms with Crippen LogP contribution in [0.3, 0.4) is 0 Å². The fraction of sp³-hybridized carbons (Fsp3) is 1.00. The minimum Gasteiger partial charge on any atom is -0.326 e. The first kappa shape index (κ1) is 6.54. The van der Waals surface area contributed by atoms with E-state index in [4.69, 9.17) is 0 Å². The van der Waals surface area contributed by atoms with E-state index in [2.05, 4.69) is 4.52 Å². The Labute approximate surface area is 41.9 Å². The average Bonchev–Trinajstić information content (AvgIpc) is 1.65. The molecule has 0 heterocycles. The van der Waals surface area contributed by atoms with Crippen molar-refractivity contribution in [2.45, 2.75) is 0 Å². The van der Waals surface area contributed by atoms with Crippen LogP contribution in [-0.4, -0.2) is 13.4 Å². The zero-order chi connectivity index (χ0) is 4.99. The second kappa shape index (κ2) is 3.72. The van der Waals surface area contributed by atoms with E-state index in [1.165, 1.54) is 18.5 Å². The maximum atomic E-state index is 10.1. The lowest BCUT2D eigenvalue weighted by atomic mass is 11.8. The van der Waals surface area contributed by atoms with Gasteiger partial charge in [-0.25, -0.2) is 0 Å². The summed E-state index contributed by atoms with van der Waals surface area (Å²) in [5.74, 6) is 0. The lowest BCUT2D eigenvalue weighted by molar-refractivity contribution is 0.429. The second-order valence-corrected chi connectivity index (χ2v) is 4.20. The molecule has 0 fully saturated rings. The van der Waals surface area contributed by atoms with Crippen molar-refractivity contribution in [3.8, 4) is 0 Å². The van der Waals surface area contributed by atoms with Crippen LogP contribution in [0.15, 0.2) is 0 Å². The van der Waals surface area contributed by atoms with Gasteiger partial charge in [-0.3, -0.25) is 4.57 Å². The van der Waals surface area contributed by atoms with Crippen LogP contribution < -0.4 is 0 Å². The van der Waals surface area contributed by atoms with E-state index >= 15 is 0 Å². The number of hydrogen-bond acceptors (Lipinski definition) is 3. The van der Waals surface area contributed by atoms with Gasteiger partial charge < -0.3 is 4.52 Å². The molecule has 0 aromatic carbocycles. The number of rotatable bonds is 2. The smallest absolute Gasteiger partial charge is 0.245 e. The van der Waals surface area contributed by atoms with Crippen LogP contribution >= 0.6 is 18.6 Å². The molecule has 2 nitrogen and oxygen atoms in total. The molecule has 1 unspecified atom stereocenters. The Morgan fingerprint density at radius 1 is 1.83 bits per heavy atom. The summed E-state index contributed by atoms with van der Waals surface area (Å²) in [6.07, 6.45) is 1.75. The quantitative estimate of drug-likeness (QED) is 0.523. The fourth-order valence-corrected chi connectivity index (χ4v) is 0.750. The van der Waals surface area contributed by atoms with Crippen molar-refractivity contribution in [2.75, 3.05) is 13.4 Å². The summed E-state index contributed by atoms with van der Waals surface area (Å²) in [5.41, 5.74) is 0. The molecule has 0 N–H and O–H groups in total. The van der Waals surface area contributed by atoms with Crippen molar-refractivity contribution in [3.63, 3.8) is 0 Å². The lowest BCUT2D eigenvalue weighted by Gasteiger charge is -1.86. The monoisotopic (exact) mass is 126 g/mol. The Morgan fingerprint density at radius 2 is 2.33 bits per heavy atom. The van der Waals surface area contributed by atoms with Gasteiger partial charge in [0.15, 0.2) is 0 Å². The molecule has 0 saturated carbocycles. The zero-order valence-corrected chi connectivity index (χ0v) is 5.54. The van der Waals surface area contributed by atoms with Gasteiger partial charge in [0.1, 0.15) is 0 Å². The molecule has 0 saturated heterocycles. The van der Waals surface area contributed by atoms with Crippen molar-refractivity contribution in [1.82, 2.24) is 0 Å². The molecule has 0 bridgehead atoms. The molecule has 0 aliphatic heterocycles. The van der Waals surface area contributed by atoms with Crippen LogP contribution in [0.5, 0.6) is 0 Å². The van der Waals surface area contributed by atoms with Gasteiger partial charge >= 0.3 is 0 Å². The van der Waals surface area contributed by atoms with E-state index in [0.717, 1.165) is 0 Å². The average molecular weight is 126 g/mol. The molecule has 6 heavy (non-hydrogen) atoms. The predicted octanol–water partition coefficient (Wildman–Crippen LogP) is 1.39. The topological polar surface area (TPSA) is 26.3 Å². The fourth-order valence-electron chi connectivity index (χ4n) is 0.0833. The molecule has 0 aliphatic carbocycles. The second-order valence-electron chi connectivity index (χ2n) is 0.658. The predicted molar refractivity (Wildman–Crippen MR) is 29.5 cm³/mol. The van der Waals surface area contributed by atoms with Gasteiger partial charge in [-0.1, -0.05) is 11.4 Å². The zero-order valence-electron chi connectivity index (χ0n) is 3.72. The highest BCUT2D eigenvalue weighted by Gasteiger charge is 1.84. The summed E-state index contributed by atoms with van der Waals surface area (Å²) in [6.45, 7) is 0. The van der Waals surface area contributed by atoms with Crippen LogP contribution in [-0.2, 0) is 9.09 Å². The van der Waals surface area contributed by atoms with Crippen LogP contribution in [0.2, 0.25) is 0 Å². The molecule has 4 heteroatoms. The molecule has 0 spiro atoms. The lowest BCUT2D eigenvalue weighted by Crippen LogP contribution is -1.54. The Bertz CT molecular complexity index is 49.5. The Morgan fingerprint density at radius 3 is 2.33 bits per heavy atom. The maximum Gasteiger partial charge on any atom is 0.245 e. The van der Waals surface area contributed by atoms with Gasteiger partial charge in [-0.05, 0) is 6.26 Å². The van der Waals surface area contributed by atoms with Crippen LogP contribution in [0, 0.1) is 0 Å². The summed E-state index contributed by atoms with van der Waals surface area (Å²) in [5, 5.41) is 0. The minimum atomic E-state index is -1.70. The van der Waals surface area contributed by atoms with Gasteiger partial charge in [0.2, 0.25) is 7.23 Å². The summed E-state index contributed by atoms with van der Waals surface area (Å²) in [6, 6.07) is 0. The summed E-state index contributed by atoms with van der Waals surface area (Å²) in [7, 11) is -0.259. The Balaban J connectivity index is 2.99. The van der Waals surface area contributed by atoms with E-state index in [-0.39, 0.29) is 0 Å². The molecular formula is C2H7O2PS. The Hall–Kier alpha value is 0.540. The van der Waals surface area contributed by atoms with Gasteiger partial charge in [-0.15, -0.1) is 0 Å². The third-order valence-electron chi connectivity index (χ3n) is 0.333. The van der Waals surface area contributed by atoms with Gasteiger partial charge in [0.05, 0.1) is 0 Å². The molecule has 0 aliphatic rings. The summed E-state index contributed by atoms with van der Waals surface area (Å²) in [4.78, 5) is 0. The van der Waals surface area contributed by atoms with Crippen LogP contribution in [0.1, 0.15) is 0 Å². The van der Waals surface area contributed by atoms with Crippen LogP contribution in [0.25, 0.3) is 0 Å². The van der Waals surface area contributed by atoms with E-state index in [0.29, 0.717) is 0 Å². The van der Waals surface area contributed by atoms with E-state index in [9.17, 15) is 4.57 Å². The van der Waals surface area contributed by atoms with Crippen molar-refractivity contribution < 1.29 is 9.09 Å². The van der Waals surface area contributed by atoms with Gasteiger partial charge in [-0.2, -0.15) is 0 Å². The molecule has 1 atom stereocenters. The normalized spacial score (nSPS) is 14.3. The first-order valence-electron chi connectivity index (χ1n) is 1.43. The SMILES string of the molecule is CO[PH](=O)SC. The van der Waals surface area contributed by atoms with Gasteiger partial charge in [0, 0.05) is 7.11 Å².